The Bertz CT molecular complexity index is 714. The van der Waals surface area contributed by atoms with Gasteiger partial charge in [-0.05, 0) is 36.5 Å². The summed E-state index contributed by atoms with van der Waals surface area (Å²) in [5.74, 6) is 0.626. The van der Waals surface area contributed by atoms with Gasteiger partial charge in [0, 0.05) is 31.5 Å². The van der Waals surface area contributed by atoms with Crippen LogP contribution in [0.4, 0.5) is 0 Å². The van der Waals surface area contributed by atoms with Gasteiger partial charge in [-0.15, -0.1) is 0 Å². The monoisotopic (exact) mass is 331 g/mol. The summed E-state index contributed by atoms with van der Waals surface area (Å²) >= 11 is 0. The van der Waals surface area contributed by atoms with Crippen LogP contribution in [0, 0.1) is 0 Å². The molecule has 2 aromatic rings. The van der Waals surface area contributed by atoms with Gasteiger partial charge in [0.2, 0.25) is 10.0 Å². The first-order valence-electron chi connectivity index (χ1n) is 7.83. The van der Waals surface area contributed by atoms with Crippen LogP contribution in [0.2, 0.25) is 0 Å². The van der Waals surface area contributed by atoms with Crippen molar-refractivity contribution in [3.05, 3.63) is 60.4 Å². The van der Waals surface area contributed by atoms with Gasteiger partial charge in [-0.2, -0.15) is 0 Å². The highest BCUT2D eigenvalue weighted by molar-refractivity contribution is 7.89. The van der Waals surface area contributed by atoms with Crippen molar-refractivity contribution in [1.82, 2.24) is 15.0 Å². The third-order valence-electron chi connectivity index (χ3n) is 4.20. The largest absolute Gasteiger partial charge is 0.313 e. The summed E-state index contributed by atoms with van der Waals surface area (Å²) in [7, 11) is -3.45. The molecule has 3 rings (SSSR count). The topological polar surface area (TPSA) is 71.1 Å². The number of sulfonamides is 1. The quantitative estimate of drug-likeness (QED) is 0.760. The molecule has 23 heavy (non-hydrogen) atoms. The number of pyridine rings is 1. The zero-order chi connectivity index (χ0) is 16.1. The van der Waals surface area contributed by atoms with Gasteiger partial charge in [0.15, 0.2) is 0 Å². The summed E-state index contributed by atoms with van der Waals surface area (Å²) in [6.07, 6.45) is 5.13. The summed E-state index contributed by atoms with van der Waals surface area (Å²) in [6, 6.07) is 14.2. The molecule has 1 aromatic heterocycles. The fraction of sp³-hybridized carbons (Fsp3) is 0.353. The van der Waals surface area contributed by atoms with Crippen LogP contribution in [0.5, 0.6) is 0 Å². The van der Waals surface area contributed by atoms with E-state index in [0.29, 0.717) is 25.0 Å². The average molecular weight is 331 g/mol. The van der Waals surface area contributed by atoms with Gasteiger partial charge in [-0.1, -0.05) is 30.3 Å². The van der Waals surface area contributed by atoms with E-state index in [9.17, 15) is 8.42 Å². The fourth-order valence-electron chi connectivity index (χ4n) is 2.83. The molecule has 1 aliphatic rings. The molecule has 1 aliphatic carbocycles. The summed E-state index contributed by atoms with van der Waals surface area (Å²) in [5, 5.41) is 3.40. The molecular formula is C17H21N3O2S. The normalized spacial score (nSPS) is 20.9. The van der Waals surface area contributed by atoms with E-state index < -0.39 is 10.0 Å². The van der Waals surface area contributed by atoms with Crippen molar-refractivity contribution in [3.63, 3.8) is 0 Å². The first kappa shape index (κ1) is 16.1. The predicted molar refractivity (Wildman–Crippen MR) is 89.6 cm³/mol. The Labute approximate surface area is 137 Å². The summed E-state index contributed by atoms with van der Waals surface area (Å²) in [4.78, 5) is 4.03. The van der Waals surface area contributed by atoms with Gasteiger partial charge in [-0.3, -0.25) is 4.98 Å². The Kier molecular flexibility index (Phi) is 5.05. The Morgan fingerprint density at radius 2 is 1.83 bits per heavy atom. The molecule has 1 saturated carbocycles. The molecule has 0 aliphatic heterocycles. The van der Waals surface area contributed by atoms with Crippen LogP contribution in [-0.2, 0) is 10.0 Å². The number of hydrogen-bond acceptors (Lipinski definition) is 4. The second kappa shape index (κ2) is 7.21. The van der Waals surface area contributed by atoms with Crippen LogP contribution in [0.25, 0.3) is 0 Å². The summed E-state index contributed by atoms with van der Waals surface area (Å²) < 4.78 is 26.6. The van der Waals surface area contributed by atoms with Gasteiger partial charge >= 0.3 is 0 Å². The standard InChI is InChI=1S/C17H21N3O2S/c21-23(22,17-7-4-8-18-13-17)20-10-9-19-16-11-15(12-16)14-5-2-1-3-6-14/h1-8,13,15-16,19-20H,9-12H2. The van der Waals surface area contributed by atoms with E-state index in [1.807, 2.05) is 6.07 Å². The van der Waals surface area contributed by atoms with Gasteiger partial charge in [0.1, 0.15) is 4.90 Å². The van der Waals surface area contributed by atoms with Crippen molar-refractivity contribution in [2.75, 3.05) is 13.1 Å². The lowest BCUT2D eigenvalue weighted by molar-refractivity contribution is 0.293. The van der Waals surface area contributed by atoms with Crippen molar-refractivity contribution < 1.29 is 8.42 Å². The Hall–Kier alpha value is -1.76. The summed E-state index contributed by atoms with van der Waals surface area (Å²) in [6.45, 7) is 1.01. The highest BCUT2D eigenvalue weighted by atomic mass is 32.2. The minimum absolute atomic E-state index is 0.202. The van der Waals surface area contributed by atoms with Gasteiger partial charge in [0.05, 0.1) is 0 Å². The molecule has 0 unspecified atom stereocenters. The van der Waals surface area contributed by atoms with Crippen molar-refractivity contribution in [1.29, 1.82) is 0 Å². The highest BCUT2D eigenvalue weighted by Crippen LogP contribution is 2.36. The zero-order valence-electron chi connectivity index (χ0n) is 12.9. The van der Waals surface area contributed by atoms with Crippen molar-refractivity contribution in [2.45, 2.75) is 29.7 Å². The van der Waals surface area contributed by atoms with E-state index in [1.165, 1.54) is 11.8 Å². The lowest BCUT2D eigenvalue weighted by atomic mass is 9.76. The molecule has 0 radical (unpaired) electrons. The third kappa shape index (κ3) is 4.16. The molecule has 6 heteroatoms. The molecule has 2 N–H and O–H groups in total. The molecule has 122 valence electrons. The number of rotatable bonds is 7. The number of benzene rings is 1. The van der Waals surface area contributed by atoms with E-state index in [1.54, 1.807) is 18.3 Å². The van der Waals surface area contributed by atoms with E-state index in [2.05, 4.69) is 39.3 Å². The van der Waals surface area contributed by atoms with Crippen molar-refractivity contribution in [2.24, 2.45) is 0 Å². The maximum atomic E-state index is 12.0. The maximum Gasteiger partial charge on any atom is 0.242 e. The zero-order valence-corrected chi connectivity index (χ0v) is 13.7. The molecular weight excluding hydrogens is 310 g/mol. The molecule has 5 nitrogen and oxygen atoms in total. The van der Waals surface area contributed by atoms with Crippen LogP contribution >= 0.6 is 0 Å². The van der Waals surface area contributed by atoms with E-state index in [0.717, 1.165) is 12.8 Å². The number of hydrogen-bond donors (Lipinski definition) is 2. The molecule has 0 saturated heterocycles. The first-order valence-corrected chi connectivity index (χ1v) is 9.31. The van der Waals surface area contributed by atoms with Crippen LogP contribution in [0.3, 0.4) is 0 Å². The Balaban J connectivity index is 1.37. The average Bonchev–Trinajstić information content (AvgIpc) is 2.54. The Morgan fingerprint density at radius 1 is 1.04 bits per heavy atom. The van der Waals surface area contributed by atoms with Crippen molar-refractivity contribution >= 4 is 10.0 Å². The summed E-state index contributed by atoms with van der Waals surface area (Å²) in [5.41, 5.74) is 1.39. The minimum Gasteiger partial charge on any atom is -0.313 e. The lowest BCUT2D eigenvalue weighted by Gasteiger charge is -2.36. The minimum atomic E-state index is -3.45. The molecule has 1 fully saturated rings. The number of nitrogens with one attached hydrogen (secondary N) is 2. The number of nitrogens with zero attached hydrogens (tertiary/aromatic N) is 1. The molecule has 0 bridgehead atoms. The molecule has 1 aromatic carbocycles. The van der Waals surface area contributed by atoms with Crippen LogP contribution in [0.15, 0.2) is 59.8 Å². The van der Waals surface area contributed by atoms with E-state index in [-0.39, 0.29) is 4.90 Å². The highest BCUT2D eigenvalue weighted by Gasteiger charge is 2.29. The van der Waals surface area contributed by atoms with Crippen LogP contribution in [-0.4, -0.2) is 32.5 Å². The smallest absolute Gasteiger partial charge is 0.242 e. The first-order chi connectivity index (χ1) is 11.1. The maximum absolute atomic E-state index is 12.0. The van der Waals surface area contributed by atoms with E-state index in [4.69, 9.17) is 0 Å². The second-order valence-electron chi connectivity index (χ2n) is 5.82. The molecule has 1 heterocycles. The Morgan fingerprint density at radius 3 is 2.52 bits per heavy atom. The molecule has 0 atom stereocenters. The SMILES string of the molecule is O=S(=O)(NCCNC1CC(c2ccccc2)C1)c1cccnc1. The third-order valence-corrected chi connectivity index (χ3v) is 5.65. The molecule has 0 spiro atoms. The van der Waals surface area contributed by atoms with Gasteiger partial charge < -0.3 is 5.32 Å². The van der Waals surface area contributed by atoms with Gasteiger partial charge in [-0.25, -0.2) is 13.1 Å². The van der Waals surface area contributed by atoms with E-state index >= 15 is 0 Å². The van der Waals surface area contributed by atoms with Crippen LogP contribution in [0.1, 0.15) is 24.3 Å². The van der Waals surface area contributed by atoms with Gasteiger partial charge in [0.25, 0.3) is 0 Å². The number of aromatic nitrogens is 1. The van der Waals surface area contributed by atoms with Crippen LogP contribution < -0.4 is 10.0 Å². The predicted octanol–water partition coefficient (Wildman–Crippen LogP) is 1.90. The fourth-order valence-corrected chi connectivity index (χ4v) is 3.83. The van der Waals surface area contributed by atoms with Crippen molar-refractivity contribution in [3.8, 4) is 0 Å². The lowest BCUT2D eigenvalue weighted by Crippen LogP contribution is -2.43. The molecule has 0 amide bonds. The second-order valence-corrected chi connectivity index (χ2v) is 7.58.